The van der Waals surface area contributed by atoms with Gasteiger partial charge in [0.25, 0.3) is 0 Å². The molecule has 0 aromatic heterocycles. The van der Waals surface area contributed by atoms with Crippen molar-refractivity contribution in [1.82, 2.24) is 0 Å². The molecule has 1 aliphatic rings. The molecule has 140 valence electrons. The van der Waals surface area contributed by atoms with Gasteiger partial charge in [0.2, 0.25) is 5.91 Å². The monoisotopic (exact) mass is 360 g/mol. The van der Waals surface area contributed by atoms with E-state index in [0.29, 0.717) is 11.5 Å². The van der Waals surface area contributed by atoms with Crippen LogP contribution in [0.1, 0.15) is 49.4 Å². The van der Waals surface area contributed by atoms with Crippen molar-refractivity contribution in [2.24, 2.45) is 5.92 Å². The molecule has 0 heterocycles. The number of nitrogens with one attached hydrogen (secondary N) is 1. The molecule has 1 aromatic rings. The van der Waals surface area contributed by atoms with Crippen LogP contribution in [0.15, 0.2) is 12.1 Å². The fourth-order valence-electron chi connectivity index (χ4n) is 3.00. The lowest BCUT2D eigenvalue weighted by atomic mass is 9.88. The predicted octanol–water partition coefficient (Wildman–Crippen LogP) is 3.29. The number of hydrogen-bond acceptors (Lipinski definition) is 6. The topological polar surface area (TPSA) is 97.6 Å². The number of ether oxygens (including phenoxy) is 3. The summed E-state index contributed by atoms with van der Waals surface area (Å²) in [6.45, 7) is 1.47. The van der Waals surface area contributed by atoms with Gasteiger partial charge >= 0.3 is 5.97 Å². The number of anilines is 1. The first-order valence-electron chi connectivity index (χ1n) is 8.67. The van der Waals surface area contributed by atoms with Crippen LogP contribution in [0.2, 0.25) is 0 Å². The Morgan fingerprint density at radius 2 is 1.77 bits per heavy atom. The zero-order valence-electron chi connectivity index (χ0n) is 15.3. The minimum Gasteiger partial charge on any atom is -0.493 e. The first-order chi connectivity index (χ1) is 12.5. The molecule has 1 amide bonds. The Balaban J connectivity index is 2.33. The molecular weight excluding hydrogens is 336 g/mol. The van der Waals surface area contributed by atoms with Gasteiger partial charge in [-0.1, -0.05) is 19.3 Å². The molecule has 0 aliphatic heterocycles. The van der Waals surface area contributed by atoms with Crippen molar-refractivity contribution in [1.29, 1.82) is 5.26 Å². The Morgan fingerprint density at radius 3 is 2.35 bits per heavy atom. The summed E-state index contributed by atoms with van der Waals surface area (Å²) in [5.74, 6) is -0.187. The lowest BCUT2D eigenvalue weighted by molar-refractivity contribution is -0.120. The van der Waals surface area contributed by atoms with E-state index in [4.69, 9.17) is 19.5 Å². The highest BCUT2D eigenvalue weighted by atomic mass is 16.5. The molecule has 0 radical (unpaired) electrons. The highest BCUT2D eigenvalue weighted by Gasteiger charge is 2.25. The molecule has 1 atom stereocenters. The molecule has 1 N–H and O–H groups in total. The maximum Gasteiger partial charge on any atom is 0.341 e. The Kier molecular flexibility index (Phi) is 6.84. The van der Waals surface area contributed by atoms with E-state index in [9.17, 15) is 9.59 Å². The maximum absolute atomic E-state index is 12.6. The van der Waals surface area contributed by atoms with E-state index in [1.165, 1.54) is 33.3 Å². The summed E-state index contributed by atoms with van der Waals surface area (Å²) in [7, 11) is 2.92. The number of amides is 1. The van der Waals surface area contributed by atoms with Gasteiger partial charge in [0.15, 0.2) is 17.6 Å². The molecule has 0 bridgehead atoms. The van der Waals surface area contributed by atoms with Gasteiger partial charge in [0.05, 0.1) is 25.5 Å². The number of methoxy groups -OCH3 is 2. The fraction of sp³-hybridized carbons (Fsp3) is 0.526. The summed E-state index contributed by atoms with van der Waals surface area (Å²) in [6.07, 6.45) is 3.97. The van der Waals surface area contributed by atoms with Crippen LogP contribution in [0.25, 0.3) is 0 Å². The molecule has 26 heavy (non-hydrogen) atoms. The third-order valence-electron chi connectivity index (χ3n) is 4.44. The van der Waals surface area contributed by atoms with E-state index < -0.39 is 12.1 Å². The second-order valence-electron chi connectivity index (χ2n) is 6.25. The zero-order valence-corrected chi connectivity index (χ0v) is 15.3. The van der Waals surface area contributed by atoms with Crippen molar-refractivity contribution in [3.05, 3.63) is 17.7 Å². The van der Waals surface area contributed by atoms with Gasteiger partial charge < -0.3 is 19.5 Å². The highest BCUT2D eigenvalue weighted by molar-refractivity contribution is 6.02. The molecule has 1 fully saturated rings. The average Bonchev–Trinajstić information content (AvgIpc) is 2.67. The molecule has 1 saturated carbocycles. The molecule has 0 unspecified atom stereocenters. The van der Waals surface area contributed by atoms with Crippen LogP contribution in [0.5, 0.6) is 11.5 Å². The van der Waals surface area contributed by atoms with Gasteiger partial charge in [-0.2, -0.15) is 5.26 Å². The second-order valence-corrected chi connectivity index (χ2v) is 6.25. The van der Waals surface area contributed by atoms with Crippen LogP contribution in [0.3, 0.4) is 0 Å². The van der Waals surface area contributed by atoms with Gasteiger partial charge in [0.1, 0.15) is 6.07 Å². The van der Waals surface area contributed by atoms with Gasteiger partial charge in [-0.3, -0.25) is 4.79 Å². The summed E-state index contributed by atoms with van der Waals surface area (Å²) >= 11 is 0. The quantitative estimate of drug-likeness (QED) is 0.782. The van der Waals surface area contributed by atoms with Crippen molar-refractivity contribution < 1.29 is 23.8 Å². The van der Waals surface area contributed by atoms with Crippen LogP contribution < -0.4 is 14.8 Å². The number of carbonyl (C=O) groups is 2. The summed E-state index contributed by atoms with van der Waals surface area (Å²) < 4.78 is 15.6. The molecule has 0 spiro atoms. The van der Waals surface area contributed by atoms with E-state index in [2.05, 4.69) is 5.32 Å². The standard InChI is InChI=1S/C19H24N2O5/c1-12(11-20)26-19(23)14-9-16(24-2)17(25-3)10-15(14)21-18(22)13-7-5-4-6-8-13/h9-10,12-13H,4-8H2,1-3H3,(H,21,22)/t12-/m1/s1. The van der Waals surface area contributed by atoms with E-state index in [1.807, 2.05) is 6.07 Å². The van der Waals surface area contributed by atoms with Gasteiger partial charge in [-0.25, -0.2) is 4.79 Å². The molecule has 1 aromatic carbocycles. The molecule has 7 heteroatoms. The van der Waals surface area contributed by atoms with E-state index in [0.717, 1.165) is 32.1 Å². The second kappa shape index (κ2) is 9.09. The highest BCUT2D eigenvalue weighted by Crippen LogP contribution is 2.35. The largest absolute Gasteiger partial charge is 0.493 e. The number of nitrogens with zero attached hydrogens (tertiary/aromatic N) is 1. The molecule has 2 rings (SSSR count). The molecule has 1 aliphatic carbocycles. The lowest BCUT2D eigenvalue weighted by Crippen LogP contribution is -2.26. The average molecular weight is 360 g/mol. The van der Waals surface area contributed by atoms with Crippen molar-refractivity contribution >= 4 is 17.6 Å². The van der Waals surface area contributed by atoms with Gasteiger partial charge in [-0.05, 0) is 19.8 Å². The summed E-state index contributed by atoms with van der Waals surface area (Å²) in [4.78, 5) is 25.0. The van der Waals surface area contributed by atoms with Crippen molar-refractivity contribution in [2.75, 3.05) is 19.5 Å². The summed E-state index contributed by atoms with van der Waals surface area (Å²) in [5, 5.41) is 11.7. The normalized spacial score (nSPS) is 15.5. The van der Waals surface area contributed by atoms with Gasteiger partial charge in [-0.15, -0.1) is 0 Å². The molecular formula is C19H24N2O5. The van der Waals surface area contributed by atoms with Crippen LogP contribution in [-0.4, -0.2) is 32.2 Å². The fourth-order valence-corrected chi connectivity index (χ4v) is 3.00. The first-order valence-corrected chi connectivity index (χ1v) is 8.67. The number of esters is 1. The van der Waals surface area contributed by atoms with Crippen LogP contribution >= 0.6 is 0 Å². The number of carbonyl (C=O) groups excluding carboxylic acids is 2. The summed E-state index contributed by atoms with van der Waals surface area (Å²) in [5.41, 5.74) is 0.405. The minimum atomic E-state index is -0.905. The van der Waals surface area contributed by atoms with E-state index in [-0.39, 0.29) is 23.1 Å². The maximum atomic E-state index is 12.6. The van der Waals surface area contributed by atoms with Gasteiger partial charge in [0, 0.05) is 18.1 Å². The third-order valence-corrected chi connectivity index (χ3v) is 4.44. The third kappa shape index (κ3) is 4.66. The number of hydrogen-bond donors (Lipinski definition) is 1. The van der Waals surface area contributed by atoms with Crippen molar-refractivity contribution in [3.63, 3.8) is 0 Å². The number of rotatable bonds is 6. The predicted molar refractivity (Wildman–Crippen MR) is 95.2 cm³/mol. The summed E-state index contributed by atoms with van der Waals surface area (Å²) in [6, 6.07) is 4.82. The smallest absolute Gasteiger partial charge is 0.341 e. The van der Waals surface area contributed by atoms with Crippen LogP contribution in [-0.2, 0) is 9.53 Å². The number of nitriles is 1. The molecule has 0 saturated heterocycles. The Morgan fingerprint density at radius 1 is 1.15 bits per heavy atom. The minimum absolute atomic E-state index is 0.0706. The molecule has 7 nitrogen and oxygen atoms in total. The van der Waals surface area contributed by atoms with E-state index >= 15 is 0 Å². The Labute approximate surface area is 153 Å². The van der Waals surface area contributed by atoms with Crippen LogP contribution in [0, 0.1) is 17.2 Å². The van der Waals surface area contributed by atoms with Crippen LogP contribution in [0.4, 0.5) is 5.69 Å². The Hall–Kier alpha value is -2.75. The van der Waals surface area contributed by atoms with Crippen molar-refractivity contribution in [3.8, 4) is 17.6 Å². The lowest BCUT2D eigenvalue weighted by Gasteiger charge is -2.22. The first kappa shape index (κ1) is 19.6. The Bertz CT molecular complexity index is 705. The van der Waals surface area contributed by atoms with Crippen molar-refractivity contribution in [2.45, 2.75) is 45.1 Å². The van der Waals surface area contributed by atoms with E-state index in [1.54, 1.807) is 0 Å². The number of benzene rings is 1. The SMILES string of the molecule is COc1cc(NC(=O)C2CCCCC2)c(C(=O)O[C@H](C)C#N)cc1OC. The zero-order chi connectivity index (χ0) is 19.1.